The largest absolute Gasteiger partial charge is 0.409 e. The van der Waals surface area contributed by atoms with Crippen molar-refractivity contribution in [2.75, 3.05) is 11.4 Å². The van der Waals surface area contributed by atoms with Gasteiger partial charge >= 0.3 is 0 Å². The lowest BCUT2D eigenvalue weighted by molar-refractivity contribution is 0.543. The SMILES string of the molecule is CCC1CC(NN=[N-])CN1c1cnc2cnc3[nH]ccc3n12. The van der Waals surface area contributed by atoms with E-state index in [4.69, 9.17) is 5.53 Å². The molecule has 2 atom stereocenters. The standard InChI is InChI=1S/C14H17N8/c1-2-10-5-9(19-20-15)8-21(10)13-7-17-12-6-18-14-11(22(12)13)3-4-16-14/h3-4,6-7,9-10,16H,2,5,8H2,1H3,(H-,15,19)/q-1. The van der Waals surface area contributed by atoms with E-state index in [2.05, 4.69) is 41.8 Å². The summed E-state index contributed by atoms with van der Waals surface area (Å²) in [7, 11) is 0. The minimum Gasteiger partial charge on any atom is -0.409 e. The first-order chi connectivity index (χ1) is 10.8. The Balaban J connectivity index is 1.83. The molecular formula is C14H17N8-. The zero-order valence-corrected chi connectivity index (χ0v) is 12.3. The fourth-order valence-corrected chi connectivity index (χ4v) is 3.42. The van der Waals surface area contributed by atoms with Crippen molar-refractivity contribution in [2.24, 2.45) is 5.22 Å². The number of nitrogens with zero attached hydrogens (tertiary/aromatic N) is 6. The molecule has 8 heteroatoms. The molecule has 1 fully saturated rings. The van der Waals surface area contributed by atoms with E-state index in [0.29, 0.717) is 6.04 Å². The van der Waals surface area contributed by atoms with Gasteiger partial charge in [0.25, 0.3) is 0 Å². The number of hydrogen-bond acceptors (Lipinski definition) is 4. The lowest BCUT2D eigenvalue weighted by Crippen LogP contribution is -2.32. The summed E-state index contributed by atoms with van der Waals surface area (Å²) in [6.07, 6.45) is 7.52. The Morgan fingerprint density at radius 3 is 3.18 bits per heavy atom. The molecule has 0 amide bonds. The van der Waals surface area contributed by atoms with Crippen LogP contribution in [0, 0.1) is 0 Å². The van der Waals surface area contributed by atoms with Crippen LogP contribution >= 0.6 is 0 Å². The molecule has 1 aliphatic rings. The smallest absolute Gasteiger partial charge is 0.157 e. The molecule has 114 valence electrons. The summed E-state index contributed by atoms with van der Waals surface area (Å²) in [6, 6.07) is 2.54. The first-order valence-electron chi connectivity index (χ1n) is 7.47. The minimum absolute atomic E-state index is 0.143. The molecule has 2 unspecified atom stereocenters. The highest BCUT2D eigenvalue weighted by atomic mass is 15.4. The summed E-state index contributed by atoms with van der Waals surface area (Å²) in [6.45, 7) is 2.96. The van der Waals surface area contributed by atoms with Crippen LogP contribution in [0.15, 0.2) is 29.9 Å². The van der Waals surface area contributed by atoms with E-state index in [1.54, 1.807) is 6.20 Å². The Hall–Kier alpha value is -2.64. The lowest BCUT2D eigenvalue weighted by atomic mass is 10.1. The third-order valence-electron chi connectivity index (χ3n) is 4.44. The molecule has 1 aliphatic heterocycles. The van der Waals surface area contributed by atoms with Gasteiger partial charge in [-0.15, -0.1) is 0 Å². The average molecular weight is 297 g/mol. The molecule has 8 nitrogen and oxygen atoms in total. The summed E-state index contributed by atoms with van der Waals surface area (Å²) in [5, 5.41) is 3.09. The highest BCUT2D eigenvalue weighted by Gasteiger charge is 2.31. The van der Waals surface area contributed by atoms with Crippen LogP contribution in [0.3, 0.4) is 0 Å². The zero-order valence-electron chi connectivity index (χ0n) is 12.3. The van der Waals surface area contributed by atoms with Crippen molar-refractivity contribution < 1.29 is 0 Å². The Morgan fingerprint density at radius 1 is 1.45 bits per heavy atom. The van der Waals surface area contributed by atoms with Crippen LogP contribution in [0.4, 0.5) is 5.82 Å². The third kappa shape index (κ3) is 1.83. The van der Waals surface area contributed by atoms with Crippen LogP contribution < -0.4 is 10.3 Å². The van der Waals surface area contributed by atoms with Gasteiger partial charge in [-0.1, -0.05) is 6.92 Å². The Morgan fingerprint density at radius 2 is 2.36 bits per heavy atom. The number of aromatic nitrogens is 4. The van der Waals surface area contributed by atoms with Crippen molar-refractivity contribution in [1.29, 1.82) is 0 Å². The normalized spacial score (nSPS) is 21.8. The van der Waals surface area contributed by atoms with Gasteiger partial charge < -0.3 is 20.8 Å². The molecule has 2 N–H and O–H groups in total. The second kappa shape index (κ2) is 4.97. The Kier molecular flexibility index (Phi) is 2.95. The molecule has 0 bridgehead atoms. The van der Waals surface area contributed by atoms with E-state index in [-0.39, 0.29) is 6.04 Å². The van der Waals surface area contributed by atoms with Crippen molar-refractivity contribution >= 4 is 22.6 Å². The molecule has 1 saturated heterocycles. The van der Waals surface area contributed by atoms with Crippen LogP contribution in [-0.2, 0) is 0 Å². The second-order valence-electron chi connectivity index (χ2n) is 5.66. The van der Waals surface area contributed by atoms with Crippen molar-refractivity contribution in [3.05, 3.63) is 30.2 Å². The number of hydrogen-bond donors (Lipinski definition) is 2. The number of aromatic amines is 1. The topological polar surface area (TPSA) is 95.9 Å². The molecule has 0 spiro atoms. The third-order valence-corrected chi connectivity index (χ3v) is 4.44. The van der Waals surface area contributed by atoms with E-state index >= 15 is 0 Å². The molecule has 22 heavy (non-hydrogen) atoms. The first kappa shape index (κ1) is 13.1. The van der Waals surface area contributed by atoms with Crippen LogP contribution in [0.5, 0.6) is 0 Å². The van der Waals surface area contributed by atoms with Gasteiger partial charge in [-0.2, -0.15) is 0 Å². The summed E-state index contributed by atoms with van der Waals surface area (Å²) < 4.78 is 2.12. The van der Waals surface area contributed by atoms with E-state index in [1.807, 2.05) is 18.5 Å². The second-order valence-corrected chi connectivity index (χ2v) is 5.66. The fraction of sp³-hybridized carbons (Fsp3) is 0.429. The number of anilines is 1. The Bertz CT molecular complexity index is 819. The summed E-state index contributed by atoms with van der Waals surface area (Å²) in [5.74, 6) is 1.05. The van der Waals surface area contributed by atoms with Crippen LogP contribution in [0.2, 0.25) is 0 Å². The van der Waals surface area contributed by atoms with Crippen LogP contribution in [0.25, 0.3) is 22.3 Å². The number of imidazole rings is 1. The van der Waals surface area contributed by atoms with Crippen molar-refractivity contribution in [3.63, 3.8) is 0 Å². The van der Waals surface area contributed by atoms with Crippen LogP contribution in [0.1, 0.15) is 19.8 Å². The average Bonchev–Trinajstić information content (AvgIpc) is 3.23. The molecule has 4 rings (SSSR count). The van der Waals surface area contributed by atoms with Crippen molar-refractivity contribution in [2.45, 2.75) is 31.8 Å². The highest BCUT2D eigenvalue weighted by molar-refractivity contribution is 5.77. The van der Waals surface area contributed by atoms with Gasteiger partial charge in [0.05, 0.1) is 17.9 Å². The maximum Gasteiger partial charge on any atom is 0.157 e. The van der Waals surface area contributed by atoms with E-state index < -0.39 is 0 Å². The predicted molar refractivity (Wildman–Crippen MR) is 83.6 cm³/mol. The predicted octanol–water partition coefficient (Wildman–Crippen LogP) is 2.09. The van der Waals surface area contributed by atoms with Crippen LogP contribution in [-0.4, -0.2) is 38.0 Å². The fourth-order valence-electron chi connectivity index (χ4n) is 3.42. The maximum absolute atomic E-state index is 8.75. The first-order valence-corrected chi connectivity index (χ1v) is 7.47. The quantitative estimate of drug-likeness (QED) is 0.569. The van der Waals surface area contributed by atoms with Gasteiger partial charge in [0.2, 0.25) is 0 Å². The van der Waals surface area contributed by atoms with Gasteiger partial charge in [0.1, 0.15) is 5.82 Å². The van der Waals surface area contributed by atoms with E-state index in [1.165, 1.54) is 0 Å². The Labute approximate surface area is 127 Å². The number of nitrogens with one attached hydrogen (secondary N) is 2. The summed E-state index contributed by atoms with van der Waals surface area (Å²) >= 11 is 0. The molecule has 0 aliphatic carbocycles. The van der Waals surface area contributed by atoms with Gasteiger partial charge in [-0.3, -0.25) is 9.62 Å². The molecule has 0 aromatic carbocycles. The van der Waals surface area contributed by atoms with Gasteiger partial charge in [0, 0.05) is 18.8 Å². The summed E-state index contributed by atoms with van der Waals surface area (Å²) in [4.78, 5) is 14.3. The minimum atomic E-state index is 0.143. The molecule has 0 saturated carbocycles. The van der Waals surface area contributed by atoms with Gasteiger partial charge in [-0.25, -0.2) is 9.97 Å². The highest BCUT2D eigenvalue weighted by Crippen LogP contribution is 2.30. The monoisotopic (exact) mass is 297 g/mol. The van der Waals surface area contributed by atoms with E-state index in [0.717, 1.165) is 42.0 Å². The number of H-pyrrole nitrogens is 1. The van der Waals surface area contributed by atoms with Gasteiger partial charge in [-0.05, 0) is 24.9 Å². The molecule has 0 radical (unpaired) electrons. The van der Waals surface area contributed by atoms with Crippen molar-refractivity contribution in [3.8, 4) is 0 Å². The van der Waals surface area contributed by atoms with Gasteiger partial charge in [0.15, 0.2) is 11.3 Å². The van der Waals surface area contributed by atoms with Crippen molar-refractivity contribution in [1.82, 2.24) is 24.8 Å². The van der Waals surface area contributed by atoms with E-state index in [9.17, 15) is 0 Å². The summed E-state index contributed by atoms with van der Waals surface area (Å²) in [5.41, 5.74) is 14.2. The maximum atomic E-state index is 8.75. The number of fused-ring (bicyclic) bond motifs is 3. The molecule has 4 heterocycles. The number of rotatable bonds is 4. The molecular weight excluding hydrogens is 280 g/mol. The molecule has 3 aromatic heterocycles. The lowest BCUT2D eigenvalue weighted by Gasteiger charge is -2.25. The zero-order chi connectivity index (χ0) is 15.1. The molecule has 3 aromatic rings.